The summed E-state index contributed by atoms with van der Waals surface area (Å²) >= 11 is 0. The number of aliphatic hydroxyl groups excluding tert-OH is 1. The lowest BCUT2D eigenvalue weighted by Gasteiger charge is -2.25. The Morgan fingerprint density at radius 2 is 2.00 bits per heavy atom. The fourth-order valence-corrected chi connectivity index (χ4v) is 5.37. The molecule has 2 aromatic carbocycles. The molecule has 0 spiro atoms. The number of anilines is 1. The van der Waals surface area contributed by atoms with E-state index in [0.29, 0.717) is 18.7 Å². The van der Waals surface area contributed by atoms with Gasteiger partial charge in [0.25, 0.3) is 0 Å². The first-order valence-corrected chi connectivity index (χ1v) is 11.9. The Labute approximate surface area is 181 Å². The first kappa shape index (κ1) is 21.5. The molecule has 2 heterocycles. The number of amides is 2. The minimum absolute atomic E-state index is 0.0508. The SMILES string of the molecule is O=C1CS(=O)(=O)c2ccc(CC(=O)N[C@@H](CN3CC[C@@H](O)C3)c3ccccc3)cc2N1. The van der Waals surface area contributed by atoms with Crippen LogP contribution in [0.3, 0.4) is 0 Å². The molecule has 9 heteroatoms. The fourth-order valence-electron chi connectivity index (χ4n) is 4.08. The second-order valence-electron chi connectivity index (χ2n) is 8.05. The van der Waals surface area contributed by atoms with E-state index < -0.39 is 21.5 Å². The van der Waals surface area contributed by atoms with Crippen molar-refractivity contribution < 1.29 is 23.1 Å². The molecular formula is C22H25N3O5S. The summed E-state index contributed by atoms with van der Waals surface area (Å²) in [5, 5.41) is 15.4. The van der Waals surface area contributed by atoms with Crippen LogP contribution in [-0.2, 0) is 25.8 Å². The number of benzene rings is 2. The Kier molecular flexibility index (Phi) is 6.08. The normalized spacial score (nSPS) is 21.2. The van der Waals surface area contributed by atoms with E-state index in [0.717, 1.165) is 18.5 Å². The Morgan fingerprint density at radius 1 is 1.23 bits per heavy atom. The van der Waals surface area contributed by atoms with E-state index in [-0.39, 0.29) is 35.1 Å². The lowest BCUT2D eigenvalue weighted by atomic mass is 10.1. The minimum atomic E-state index is -3.65. The average molecular weight is 444 g/mol. The van der Waals surface area contributed by atoms with Crippen molar-refractivity contribution in [3.8, 4) is 0 Å². The van der Waals surface area contributed by atoms with E-state index in [9.17, 15) is 23.1 Å². The second kappa shape index (κ2) is 8.78. The zero-order valence-corrected chi connectivity index (χ0v) is 17.8. The van der Waals surface area contributed by atoms with Crippen LogP contribution in [0.1, 0.15) is 23.6 Å². The summed E-state index contributed by atoms with van der Waals surface area (Å²) in [6, 6.07) is 14.0. The van der Waals surface area contributed by atoms with Gasteiger partial charge in [0, 0.05) is 19.6 Å². The van der Waals surface area contributed by atoms with Crippen LogP contribution >= 0.6 is 0 Å². The highest BCUT2D eigenvalue weighted by Crippen LogP contribution is 2.28. The van der Waals surface area contributed by atoms with Gasteiger partial charge in [-0.25, -0.2) is 8.42 Å². The maximum Gasteiger partial charge on any atom is 0.239 e. The lowest BCUT2D eigenvalue weighted by molar-refractivity contribution is -0.121. The second-order valence-corrected chi connectivity index (χ2v) is 10.0. The fraction of sp³-hybridized carbons (Fsp3) is 0.364. The zero-order valence-electron chi connectivity index (χ0n) is 17.0. The molecule has 0 radical (unpaired) electrons. The Bertz CT molecular complexity index is 1090. The van der Waals surface area contributed by atoms with E-state index in [1.165, 1.54) is 12.1 Å². The molecule has 2 aromatic rings. The molecule has 164 valence electrons. The van der Waals surface area contributed by atoms with Crippen molar-refractivity contribution in [1.29, 1.82) is 0 Å². The highest BCUT2D eigenvalue weighted by Gasteiger charge is 2.29. The molecule has 0 saturated carbocycles. The van der Waals surface area contributed by atoms with Crippen LogP contribution in [0.2, 0.25) is 0 Å². The van der Waals surface area contributed by atoms with Crippen LogP contribution in [0.25, 0.3) is 0 Å². The lowest BCUT2D eigenvalue weighted by Crippen LogP contribution is -2.38. The molecule has 2 aliphatic heterocycles. The number of carbonyl (C=O) groups is 2. The predicted molar refractivity (Wildman–Crippen MR) is 115 cm³/mol. The number of fused-ring (bicyclic) bond motifs is 1. The monoisotopic (exact) mass is 443 g/mol. The van der Waals surface area contributed by atoms with E-state index in [4.69, 9.17) is 0 Å². The first-order chi connectivity index (χ1) is 14.8. The molecule has 1 saturated heterocycles. The number of nitrogens with zero attached hydrogens (tertiary/aromatic N) is 1. The van der Waals surface area contributed by atoms with Crippen molar-refractivity contribution in [2.75, 3.05) is 30.7 Å². The van der Waals surface area contributed by atoms with Crippen LogP contribution in [0.4, 0.5) is 5.69 Å². The van der Waals surface area contributed by atoms with Crippen LogP contribution in [0.5, 0.6) is 0 Å². The summed E-state index contributed by atoms with van der Waals surface area (Å²) in [6.07, 6.45) is 0.433. The van der Waals surface area contributed by atoms with Crippen LogP contribution in [0, 0.1) is 0 Å². The Morgan fingerprint density at radius 3 is 2.71 bits per heavy atom. The molecule has 2 atom stereocenters. The number of nitrogens with one attached hydrogen (secondary N) is 2. The van der Waals surface area contributed by atoms with Gasteiger partial charge in [0.1, 0.15) is 5.75 Å². The Balaban J connectivity index is 1.48. The van der Waals surface area contributed by atoms with Gasteiger partial charge in [0.15, 0.2) is 9.84 Å². The van der Waals surface area contributed by atoms with Crippen molar-refractivity contribution in [2.24, 2.45) is 0 Å². The van der Waals surface area contributed by atoms with Gasteiger partial charge in [-0.1, -0.05) is 36.4 Å². The summed E-state index contributed by atoms with van der Waals surface area (Å²) in [5.74, 6) is -1.35. The molecule has 2 amide bonds. The highest BCUT2D eigenvalue weighted by molar-refractivity contribution is 7.92. The van der Waals surface area contributed by atoms with Crippen LogP contribution in [0.15, 0.2) is 53.4 Å². The molecule has 31 heavy (non-hydrogen) atoms. The third kappa shape index (κ3) is 5.12. The molecule has 0 aromatic heterocycles. The molecule has 0 aliphatic carbocycles. The van der Waals surface area contributed by atoms with Gasteiger partial charge in [-0.3, -0.25) is 14.5 Å². The number of hydrogen-bond acceptors (Lipinski definition) is 6. The Hall–Kier alpha value is -2.75. The van der Waals surface area contributed by atoms with Crippen molar-refractivity contribution >= 4 is 27.3 Å². The number of hydrogen-bond donors (Lipinski definition) is 3. The average Bonchev–Trinajstić information content (AvgIpc) is 3.11. The van der Waals surface area contributed by atoms with Crippen molar-refractivity contribution in [1.82, 2.24) is 10.2 Å². The standard InChI is InChI=1S/C22H25N3O5S/c26-17-8-9-25(12-17)13-19(16-4-2-1-3-5-16)24-21(27)11-15-6-7-20-18(10-15)23-22(28)14-31(20,29)30/h1-7,10,17,19,26H,8-9,11-14H2,(H,23,28)(H,24,27)/t17-,19+/m1/s1. The molecular weight excluding hydrogens is 418 g/mol. The quantitative estimate of drug-likeness (QED) is 0.610. The molecule has 1 fully saturated rings. The van der Waals surface area contributed by atoms with Gasteiger partial charge in [0.05, 0.1) is 29.1 Å². The summed E-state index contributed by atoms with van der Waals surface area (Å²) in [7, 11) is -3.65. The molecule has 0 unspecified atom stereocenters. The van der Waals surface area contributed by atoms with Gasteiger partial charge in [-0.2, -0.15) is 0 Å². The summed E-state index contributed by atoms with van der Waals surface area (Å²) < 4.78 is 24.3. The largest absolute Gasteiger partial charge is 0.392 e. The number of likely N-dealkylation sites (tertiary alicyclic amines) is 1. The molecule has 2 aliphatic rings. The summed E-state index contributed by atoms with van der Waals surface area (Å²) in [4.78, 5) is 26.7. The number of carbonyl (C=O) groups excluding carboxylic acids is 2. The summed E-state index contributed by atoms with van der Waals surface area (Å²) in [5.41, 5.74) is 1.80. The third-order valence-corrected chi connectivity index (χ3v) is 7.23. The number of rotatable bonds is 6. The zero-order chi connectivity index (χ0) is 22.0. The van der Waals surface area contributed by atoms with Gasteiger partial charge in [0.2, 0.25) is 11.8 Å². The van der Waals surface area contributed by atoms with E-state index in [1.807, 2.05) is 30.3 Å². The molecule has 4 rings (SSSR count). The minimum Gasteiger partial charge on any atom is -0.392 e. The molecule has 0 bridgehead atoms. The number of aliphatic hydroxyl groups is 1. The van der Waals surface area contributed by atoms with Crippen molar-refractivity contribution in [3.05, 3.63) is 59.7 Å². The van der Waals surface area contributed by atoms with Crippen molar-refractivity contribution in [2.45, 2.75) is 29.9 Å². The van der Waals surface area contributed by atoms with Gasteiger partial charge in [-0.15, -0.1) is 0 Å². The van der Waals surface area contributed by atoms with Crippen LogP contribution < -0.4 is 10.6 Å². The van der Waals surface area contributed by atoms with Crippen molar-refractivity contribution in [3.63, 3.8) is 0 Å². The molecule has 3 N–H and O–H groups in total. The van der Waals surface area contributed by atoms with Gasteiger partial charge < -0.3 is 15.7 Å². The predicted octanol–water partition coefficient (Wildman–Crippen LogP) is 0.879. The highest BCUT2D eigenvalue weighted by atomic mass is 32.2. The smallest absolute Gasteiger partial charge is 0.239 e. The maximum atomic E-state index is 12.8. The third-order valence-electron chi connectivity index (χ3n) is 5.56. The number of β-amino-alcohol motifs (C(OH)–C–C–N with tert-alkyl or cyclic N) is 1. The topological polar surface area (TPSA) is 116 Å². The van der Waals surface area contributed by atoms with Gasteiger partial charge >= 0.3 is 0 Å². The number of sulfone groups is 1. The summed E-state index contributed by atoms with van der Waals surface area (Å²) in [6.45, 7) is 1.95. The van der Waals surface area contributed by atoms with E-state index in [1.54, 1.807) is 6.07 Å². The first-order valence-electron chi connectivity index (χ1n) is 10.2. The molecule has 8 nitrogen and oxygen atoms in total. The van der Waals surface area contributed by atoms with E-state index >= 15 is 0 Å². The van der Waals surface area contributed by atoms with Crippen LogP contribution in [-0.4, -0.2) is 61.7 Å². The van der Waals surface area contributed by atoms with E-state index in [2.05, 4.69) is 15.5 Å². The maximum absolute atomic E-state index is 12.8. The van der Waals surface area contributed by atoms with Gasteiger partial charge in [-0.05, 0) is 29.7 Å².